The van der Waals surface area contributed by atoms with Crippen molar-refractivity contribution in [1.82, 2.24) is 9.97 Å². The molecule has 16 heavy (non-hydrogen) atoms. The van der Waals surface area contributed by atoms with Crippen LogP contribution in [0.1, 0.15) is 0 Å². The number of fused-ring (bicyclic) bond motifs is 2. The molecule has 2 nitrogen and oxygen atoms in total. The summed E-state index contributed by atoms with van der Waals surface area (Å²) in [7, 11) is 0. The Bertz CT molecular complexity index is 635. The van der Waals surface area contributed by atoms with Crippen LogP contribution < -0.4 is 0 Å². The first-order valence-electron chi connectivity index (χ1n) is 4.75. The van der Waals surface area contributed by atoms with Crippen molar-refractivity contribution in [3.8, 4) is 0 Å². The molecule has 0 bridgehead atoms. The van der Waals surface area contributed by atoms with Crippen molar-refractivity contribution in [2.24, 2.45) is 0 Å². The molecule has 1 heterocycles. The van der Waals surface area contributed by atoms with Gasteiger partial charge in [-0.15, -0.1) is 0 Å². The third kappa shape index (κ3) is 1.51. The summed E-state index contributed by atoms with van der Waals surface area (Å²) in [6, 6.07) is 11.2. The van der Waals surface area contributed by atoms with E-state index in [1.54, 1.807) is 12.1 Å². The van der Waals surface area contributed by atoms with E-state index in [4.69, 9.17) is 23.2 Å². The Kier molecular flexibility index (Phi) is 2.20. The lowest BCUT2D eigenvalue weighted by Crippen LogP contribution is -1.87. The third-order valence-corrected chi connectivity index (χ3v) is 3.10. The summed E-state index contributed by atoms with van der Waals surface area (Å²) >= 11 is 11.9. The van der Waals surface area contributed by atoms with Crippen LogP contribution in [0.4, 0.5) is 0 Å². The lowest BCUT2D eigenvalue weighted by atomic mass is 10.2. The molecule has 4 heteroatoms. The molecule has 78 valence electrons. The first-order chi connectivity index (χ1) is 7.74. The molecule has 0 fully saturated rings. The number of aromatic nitrogens is 2. The second-order valence-electron chi connectivity index (χ2n) is 3.47. The van der Waals surface area contributed by atoms with Crippen molar-refractivity contribution < 1.29 is 0 Å². The minimum Gasteiger partial charge on any atom is -0.244 e. The maximum atomic E-state index is 5.94. The number of para-hydroxylation sites is 2. The lowest BCUT2D eigenvalue weighted by molar-refractivity contribution is 1.39. The largest absolute Gasteiger partial charge is 0.244 e. The summed E-state index contributed by atoms with van der Waals surface area (Å²) in [6.07, 6.45) is 0. The zero-order valence-electron chi connectivity index (χ0n) is 8.11. The van der Waals surface area contributed by atoms with E-state index >= 15 is 0 Å². The molecule has 1 aromatic heterocycles. The van der Waals surface area contributed by atoms with Crippen LogP contribution in [0.15, 0.2) is 36.4 Å². The normalized spacial score (nSPS) is 11.1. The molecule has 0 radical (unpaired) electrons. The summed E-state index contributed by atoms with van der Waals surface area (Å²) in [6.45, 7) is 0. The van der Waals surface area contributed by atoms with E-state index in [0.717, 1.165) is 22.1 Å². The fraction of sp³-hybridized carbons (Fsp3) is 0. The summed E-state index contributed by atoms with van der Waals surface area (Å²) in [5.74, 6) is 0. The van der Waals surface area contributed by atoms with Gasteiger partial charge >= 0.3 is 0 Å². The van der Waals surface area contributed by atoms with Crippen LogP contribution >= 0.6 is 23.2 Å². The maximum Gasteiger partial charge on any atom is 0.0910 e. The monoisotopic (exact) mass is 248 g/mol. The van der Waals surface area contributed by atoms with Gasteiger partial charge in [0.15, 0.2) is 0 Å². The Hall–Kier alpha value is -1.38. The molecular formula is C12H6Cl2N2. The Balaban J connectivity index is 2.46. The standard InChI is InChI=1S/C12H6Cl2N2/c13-7-5-11-12(6-8(7)14)16-10-4-2-1-3-9(10)15-11/h1-6H. The van der Waals surface area contributed by atoms with Gasteiger partial charge in [-0.25, -0.2) is 9.97 Å². The third-order valence-electron chi connectivity index (χ3n) is 2.38. The van der Waals surface area contributed by atoms with E-state index in [1.807, 2.05) is 24.3 Å². The molecule has 2 aromatic carbocycles. The van der Waals surface area contributed by atoms with Crippen LogP contribution in [0.2, 0.25) is 10.0 Å². The molecule has 0 aliphatic rings. The van der Waals surface area contributed by atoms with Crippen LogP contribution in [0.3, 0.4) is 0 Å². The first kappa shape index (κ1) is 9.82. The highest BCUT2D eigenvalue weighted by molar-refractivity contribution is 6.42. The van der Waals surface area contributed by atoms with Crippen LogP contribution in [-0.2, 0) is 0 Å². The van der Waals surface area contributed by atoms with Crippen molar-refractivity contribution in [1.29, 1.82) is 0 Å². The average Bonchev–Trinajstić information content (AvgIpc) is 2.28. The molecule has 0 atom stereocenters. The molecule has 0 N–H and O–H groups in total. The van der Waals surface area contributed by atoms with Gasteiger partial charge in [0, 0.05) is 0 Å². The highest BCUT2D eigenvalue weighted by Crippen LogP contribution is 2.27. The fourth-order valence-corrected chi connectivity index (χ4v) is 1.93. The maximum absolute atomic E-state index is 5.94. The van der Waals surface area contributed by atoms with Gasteiger partial charge in [0.2, 0.25) is 0 Å². The first-order valence-corrected chi connectivity index (χ1v) is 5.51. The Morgan fingerprint density at radius 1 is 0.688 bits per heavy atom. The minimum absolute atomic E-state index is 0.499. The average molecular weight is 249 g/mol. The Morgan fingerprint density at radius 3 is 1.56 bits per heavy atom. The molecule has 3 aromatic rings. The van der Waals surface area contributed by atoms with E-state index in [2.05, 4.69) is 9.97 Å². The number of benzene rings is 2. The summed E-state index contributed by atoms with van der Waals surface area (Å²) in [4.78, 5) is 8.95. The summed E-state index contributed by atoms with van der Waals surface area (Å²) in [5, 5.41) is 0.998. The summed E-state index contributed by atoms with van der Waals surface area (Å²) in [5.41, 5.74) is 3.22. The van der Waals surface area contributed by atoms with Gasteiger partial charge in [0.05, 0.1) is 32.1 Å². The number of nitrogens with zero attached hydrogens (tertiary/aromatic N) is 2. The van der Waals surface area contributed by atoms with Crippen LogP contribution in [-0.4, -0.2) is 9.97 Å². The van der Waals surface area contributed by atoms with E-state index in [1.165, 1.54) is 0 Å². The fourth-order valence-electron chi connectivity index (χ4n) is 1.62. The lowest BCUT2D eigenvalue weighted by Gasteiger charge is -2.02. The molecule has 0 spiro atoms. The van der Waals surface area contributed by atoms with Gasteiger partial charge in [-0.05, 0) is 24.3 Å². The highest BCUT2D eigenvalue weighted by Gasteiger charge is 2.04. The van der Waals surface area contributed by atoms with Crippen molar-refractivity contribution in [3.63, 3.8) is 0 Å². The van der Waals surface area contributed by atoms with E-state index in [9.17, 15) is 0 Å². The number of rotatable bonds is 0. The van der Waals surface area contributed by atoms with Crippen molar-refractivity contribution in [3.05, 3.63) is 46.4 Å². The second kappa shape index (κ2) is 3.58. The quantitative estimate of drug-likeness (QED) is 0.561. The molecule has 0 aliphatic carbocycles. The Labute approximate surface area is 102 Å². The molecular weight excluding hydrogens is 243 g/mol. The van der Waals surface area contributed by atoms with E-state index < -0.39 is 0 Å². The van der Waals surface area contributed by atoms with Gasteiger partial charge < -0.3 is 0 Å². The molecule has 0 saturated heterocycles. The van der Waals surface area contributed by atoms with Crippen LogP contribution in [0, 0.1) is 0 Å². The SMILES string of the molecule is Clc1cc2nc3ccccc3nc2cc1Cl. The van der Waals surface area contributed by atoms with Gasteiger partial charge in [-0.1, -0.05) is 35.3 Å². The zero-order chi connectivity index (χ0) is 11.1. The molecule has 0 saturated carbocycles. The van der Waals surface area contributed by atoms with Crippen LogP contribution in [0.25, 0.3) is 22.1 Å². The molecule has 0 amide bonds. The Morgan fingerprint density at radius 2 is 1.12 bits per heavy atom. The van der Waals surface area contributed by atoms with Gasteiger partial charge in [-0.3, -0.25) is 0 Å². The van der Waals surface area contributed by atoms with Gasteiger partial charge in [0.25, 0.3) is 0 Å². The summed E-state index contributed by atoms with van der Waals surface area (Å²) < 4.78 is 0. The van der Waals surface area contributed by atoms with Gasteiger partial charge in [0.1, 0.15) is 0 Å². The number of hydrogen-bond donors (Lipinski definition) is 0. The number of hydrogen-bond acceptors (Lipinski definition) is 2. The van der Waals surface area contributed by atoms with Crippen molar-refractivity contribution >= 4 is 45.3 Å². The van der Waals surface area contributed by atoms with E-state index in [0.29, 0.717) is 10.0 Å². The predicted octanol–water partition coefficient (Wildman–Crippen LogP) is 4.09. The zero-order valence-corrected chi connectivity index (χ0v) is 9.63. The number of halogens is 2. The minimum atomic E-state index is 0.499. The molecule has 0 aliphatic heterocycles. The molecule has 3 rings (SSSR count). The second-order valence-corrected chi connectivity index (χ2v) is 4.28. The van der Waals surface area contributed by atoms with Crippen LogP contribution in [0.5, 0.6) is 0 Å². The highest BCUT2D eigenvalue weighted by atomic mass is 35.5. The van der Waals surface area contributed by atoms with E-state index in [-0.39, 0.29) is 0 Å². The van der Waals surface area contributed by atoms with Crippen molar-refractivity contribution in [2.75, 3.05) is 0 Å². The van der Waals surface area contributed by atoms with Gasteiger partial charge in [-0.2, -0.15) is 0 Å². The molecule has 0 unspecified atom stereocenters. The topological polar surface area (TPSA) is 25.8 Å². The predicted molar refractivity (Wildman–Crippen MR) is 67.1 cm³/mol. The smallest absolute Gasteiger partial charge is 0.0910 e. The van der Waals surface area contributed by atoms with Crippen molar-refractivity contribution in [2.45, 2.75) is 0 Å².